The van der Waals surface area contributed by atoms with Crippen LogP contribution in [0.1, 0.15) is 39.2 Å². The van der Waals surface area contributed by atoms with Crippen molar-refractivity contribution in [2.24, 2.45) is 11.8 Å². The van der Waals surface area contributed by atoms with Gasteiger partial charge in [0.15, 0.2) is 0 Å². The lowest BCUT2D eigenvalue weighted by atomic mass is 9.95. The van der Waals surface area contributed by atoms with Gasteiger partial charge >= 0.3 is 0 Å². The Morgan fingerprint density at radius 2 is 1.83 bits per heavy atom. The van der Waals surface area contributed by atoms with E-state index in [1.54, 1.807) is 6.08 Å². The van der Waals surface area contributed by atoms with Crippen molar-refractivity contribution in [3.05, 3.63) is 96.7 Å². The lowest BCUT2D eigenvalue weighted by Crippen LogP contribution is -2.50. The van der Waals surface area contributed by atoms with Crippen molar-refractivity contribution in [3.63, 3.8) is 0 Å². The molecular formula is C30H39N3O2. The van der Waals surface area contributed by atoms with Crippen molar-refractivity contribution >= 4 is 11.8 Å². The van der Waals surface area contributed by atoms with Crippen LogP contribution in [0.3, 0.4) is 0 Å². The van der Waals surface area contributed by atoms with Gasteiger partial charge in [0.2, 0.25) is 11.8 Å². The highest BCUT2D eigenvalue weighted by atomic mass is 16.2. The van der Waals surface area contributed by atoms with Crippen LogP contribution in [-0.2, 0) is 9.59 Å². The molecule has 1 saturated heterocycles. The number of benzene rings is 1. The number of hydrogen-bond donors (Lipinski definition) is 1. The van der Waals surface area contributed by atoms with Crippen LogP contribution in [0.15, 0.2) is 91.1 Å². The molecule has 0 radical (unpaired) electrons. The molecule has 2 aliphatic carbocycles. The normalized spacial score (nSPS) is 24.2. The van der Waals surface area contributed by atoms with Gasteiger partial charge in [-0.05, 0) is 42.9 Å². The molecule has 4 rings (SSSR count). The van der Waals surface area contributed by atoms with Crippen LogP contribution < -0.4 is 5.32 Å². The van der Waals surface area contributed by atoms with E-state index in [1.807, 2.05) is 30.0 Å². The minimum atomic E-state index is -0.198. The monoisotopic (exact) mass is 473 g/mol. The van der Waals surface area contributed by atoms with E-state index in [9.17, 15) is 9.59 Å². The van der Waals surface area contributed by atoms with Crippen LogP contribution in [0.25, 0.3) is 0 Å². The number of allylic oxidation sites excluding steroid dienone is 4. The van der Waals surface area contributed by atoms with Gasteiger partial charge in [-0.25, -0.2) is 0 Å². The first kappa shape index (κ1) is 24.9. The van der Waals surface area contributed by atoms with Crippen molar-refractivity contribution in [2.75, 3.05) is 26.2 Å². The van der Waals surface area contributed by atoms with Gasteiger partial charge in [-0.15, -0.1) is 0 Å². The second-order valence-electron chi connectivity index (χ2n) is 9.64. The Morgan fingerprint density at radius 1 is 1.09 bits per heavy atom. The summed E-state index contributed by atoms with van der Waals surface area (Å²) >= 11 is 0. The number of carbonyl (C=O) groups is 2. The average molecular weight is 474 g/mol. The molecule has 35 heavy (non-hydrogen) atoms. The summed E-state index contributed by atoms with van der Waals surface area (Å²) in [6.07, 6.45) is 14.9. The maximum absolute atomic E-state index is 13.2. The summed E-state index contributed by atoms with van der Waals surface area (Å²) in [5.74, 6) is -0.255. The van der Waals surface area contributed by atoms with Gasteiger partial charge in [-0.2, -0.15) is 0 Å². The summed E-state index contributed by atoms with van der Waals surface area (Å²) in [6, 6.07) is 10.5. The number of hydrogen-bond acceptors (Lipinski definition) is 3. The number of carbonyl (C=O) groups excluding carboxylic acids is 2. The number of nitrogens with one attached hydrogen (secondary N) is 1. The molecule has 5 heteroatoms. The highest BCUT2D eigenvalue weighted by molar-refractivity contribution is 5.92. The Hall–Kier alpha value is -3.18. The van der Waals surface area contributed by atoms with E-state index in [4.69, 9.17) is 0 Å². The van der Waals surface area contributed by atoms with E-state index in [2.05, 4.69) is 65.9 Å². The minimum Gasteiger partial charge on any atom is -0.349 e. The lowest BCUT2D eigenvalue weighted by Gasteiger charge is -2.40. The van der Waals surface area contributed by atoms with Gasteiger partial charge < -0.3 is 10.2 Å². The molecule has 4 atom stereocenters. The minimum absolute atomic E-state index is 0. The maximum atomic E-state index is 13.2. The summed E-state index contributed by atoms with van der Waals surface area (Å²) in [4.78, 5) is 30.3. The molecule has 1 heterocycles. The summed E-state index contributed by atoms with van der Waals surface area (Å²) in [7, 11) is 0. The zero-order valence-electron chi connectivity index (χ0n) is 20.7. The van der Waals surface area contributed by atoms with Crippen LogP contribution in [-0.4, -0.2) is 53.8 Å². The first-order valence-corrected chi connectivity index (χ1v) is 12.7. The molecule has 5 nitrogen and oxygen atoms in total. The predicted molar refractivity (Wildman–Crippen MR) is 144 cm³/mol. The molecule has 3 aliphatic rings. The smallest absolute Gasteiger partial charge is 0.226 e. The van der Waals surface area contributed by atoms with Crippen molar-refractivity contribution in [1.29, 1.82) is 0 Å². The second-order valence-corrected chi connectivity index (χ2v) is 9.64. The van der Waals surface area contributed by atoms with Crippen molar-refractivity contribution in [3.8, 4) is 0 Å². The molecule has 2 amide bonds. The van der Waals surface area contributed by atoms with E-state index in [0.717, 1.165) is 37.1 Å². The molecule has 1 aromatic carbocycles. The highest BCUT2D eigenvalue weighted by Gasteiger charge is 2.50. The Balaban J connectivity index is 0.00000361. The van der Waals surface area contributed by atoms with E-state index in [0.29, 0.717) is 19.5 Å². The van der Waals surface area contributed by atoms with E-state index in [-0.39, 0.29) is 37.2 Å². The summed E-state index contributed by atoms with van der Waals surface area (Å²) < 4.78 is 0. The van der Waals surface area contributed by atoms with Gasteiger partial charge in [0.05, 0.1) is 23.9 Å². The van der Waals surface area contributed by atoms with E-state index >= 15 is 0 Å². The molecule has 0 aromatic heterocycles. The van der Waals surface area contributed by atoms with E-state index in [1.165, 1.54) is 5.56 Å². The van der Waals surface area contributed by atoms with Gasteiger partial charge in [-0.3, -0.25) is 14.5 Å². The quantitative estimate of drug-likeness (QED) is 0.523. The van der Waals surface area contributed by atoms with Crippen molar-refractivity contribution in [2.45, 2.75) is 38.3 Å². The van der Waals surface area contributed by atoms with Crippen LogP contribution >= 0.6 is 0 Å². The summed E-state index contributed by atoms with van der Waals surface area (Å²) in [5, 5.41) is 3.11. The Labute approximate surface area is 211 Å². The van der Waals surface area contributed by atoms with Gasteiger partial charge in [-0.1, -0.05) is 79.9 Å². The molecule has 1 saturated carbocycles. The van der Waals surface area contributed by atoms with E-state index < -0.39 is 0 Å². The van der Waals surface area contributed by atoms with Crippen LogP contribution in [0.5, 0.6) is 0 Å². The standard InChI is InChI=1S/C30H37N3O2.H2/c1-4-12-23(5-2)28(25-15-10-7-11-16-25)32-17-19-33(20-18-32)30(35)27-21-26(27)29(34)31-22(3)24-13-8-6-9-14-24;/h4-5,7-8,10-16,22,26-28H,1-2,6,9,17-21H2,3H3,(H,31,34);1H/b23-12+;. The fraction of sp³-hybridized carbons (Fsp3) is 0.400. The molecule has 1 aliphatic heterocycles. The first-order valence-electron chi connectivity index (χ1n) is 12.7. The average Bonchev–Trinajstić information content (AvgIpc) is 3.71. The third-order valence-corrected chi connectivity index (χ3v) is 7.29. The molecule has 0 spiro atoms. The molecule has 1 aromatic rings. The summed E-state index contributed by atoms with van der Waals surface area (Å²) in [5.41, 5.74) is 3.46. The molecule has 0 bridgehead atoms. The van der Waals surface area contributed by atoms with Crippen LogP contribution in [0.4, 0.5) is 0 Å². The number of nitrogens with zero attached hydrogens (tertiary/aromatic N) is 2. The lowest BCUT2D eigenvalue weighted by molar-refractivity contribution is -0.136. The zero-order chi connectivity index (χ0) is 24.8. The van der Waals surface area contributed by atoms with Gasteiger partial charge in [0.1, 0.15) is 0 Å². The Morgan fingerprint density at radius 3 is 2.46 bits per heavy atom. The third-order valence-electron chi connectivity index (χ3n) is 7.29. The molecule has 2 fully saturated rings. The zero-order valence-corrected chi connectivity index (χ0v) is 20.7. The summed E-state index contributed by atoms with van der Waals surface area (Å²) in [6.45, 7) is 12.8. The highest BCUT2D eigenvalue weighted by Crippen LogP contribution is 2.41. The van der Waals surface area contributed by atoms with Gasteiger partial charge in [0.25, 0.3) is 0 Å². The van der Waals surface area contributed by atoms with Crippen molar-refractivity contribution in [1.82, 2.24) is 15.1 Å². The fourth-order valence-corrected chi connectivity index (χ4v) is 5.21. The molecule has 1 N–H and O–H groups in total. The fourth-order valence-electron chi connectivity index (χ4n) is 5.21. The third kappa shape index (κ3) is 5.91. The van der Waals surface area contributed by atoms with Crippen LogP contribution in [0, 0.1) is 11.8 Å². The topological polar surface area (TPSA) is 52.7 Å². The van der Waals surface area contributed by atoms with Gasteiger partial charge in [0, 0.05) is 27.6 Å². The first-order chi connectivity index (χ1) is 17.0. The maximum Gasteiger partial charge on any atom is 0.226 e. The number of piperazine rings is 1. The number of amides is 2. The van der Waals surface area contributed by atoms with Crippen LogP contribution in [0.2, 0.25) is 0 Å². The van der Waals surface area contributed by atoms with Crippen molar-refractivity contribution < 1.29 is 11.0 Å². The Bertz CT molecular complexity index is 1040. The number of rotatable bonds is 9. The Kier molecular flexibility index (Phi) is 8.19. The predicted octanol–water partition coefficient (Wildman–Crippen LogP) is 4.83. The molecular weight excluding hydrogens is 434 g/mol. The SMILES string of the molecule is C=C/C=C(\C=C)C(c1ccccc1)N1CCN(C(=O)C2CC2C(=O)NC(C)C2=CCCC=C2)CC1.[HH]. The largest absolute Gasteiger partial charge is 0.349 e. The molecule has 4 unspecified atom stereocenters. The molecule has 186 valence electrons. The second kappa shape index (κ2) is 11.5.